The average Bonchev–Trinajstić information content (AvgIpc) is 2.98. The van der Waals surface area contributed by atoms with Gasteiger partial charge in [0, 0.05) is 67.1 Å². The quantitative estimate of drug-likeness (QED) is 0.0762. The molecule has 1 aliphatic carbocycles. The van der Waals surface area contributed by atoms with Crippen LogP contribution >= 0.6 is 23.2 Å². The number of methoxy groups -OCH3 is 2. The summed E-state index contributed by atoms with van der Waals surface area (Å²) in [6, 6.07) is 0.548. The summed E-state index contributed by atoms with van der Waals surface area (Å²) < 4.78 is 35.2. The highest BCUT2D eigenvalue weighted by molar-refractivity contribution is 6.17. The Morgan fingerprint density at radius 3 is 1.08 bits per heavy atom. The predicted octanol–water partition coefficient (Wildman–Crippen LogP) is 6.09. The van der Waals surface area contributed by atoms with E-state index in [9.17, 15) is 0 Å². The molecule has 0 spiro atoms. The van der Waals surface area contributed by atoms with Gasteiger partial charge in [0.05, 0.1) is 0 Å². The third kappa shape index (κ3) is 54.9. The van der Waals surface area contributed by atoms with E-state index in [1.54, 1.807) is 14.2 Å². The SMILES string of the molecule is C1CCCCC1.COCCCCOCOCCCCOCOC.ClCOCCCCOCCl.OCCCCO. The molecule has 11 heteroatoms. The molecule has 0 saturated heterocycles. The molecule has 0 amide bonds. The second-order valence-corrected chi connectivity index (χ2v) is 9.11. The molecule has 240 valence electrons. The van der Waals surface area contributed by atoms with Gasteiger partial charge in [0.2, 0.25) is 0 Å². The Balaban J connectivity index is -0.000000494. The minimum atomic E-state index is 0.195. The third-order valence-electron chi connectivity index (χ3n) is 5.13. The van der Waals surface area contributed by atoms with Crippen LogP contribution in [0.3, 0.4) is 0 Å². The molecule has 39 heavy (non-hydrogen) atoms. The molecule has 0 aliphatic heterocycles. The highest BCUT2D eigenvalue weighted by atomic mass is 35.5. The number of aliphatic hydroxyl groups excluding tert-OH is 2. The molecule has 0 radical (unpaired) electrons. The number of rotatable bonds is 24. The maximum atomic E-state index is 8.09. The first kappa shape index (κ1) is 43.7. The van der Waals surface area contributed by atoms with Crippen molar-refractivity contribution in [2.24, 2.45) is 0 Å². The first-order valence-electron chi connectivity index (χ1n) is 14.4. The Hall–Kier alpha value is 0.220. The minimum absolute atomic E-state index is 0.195. The van der Waals surface area contributed by atoms with Crippen LogP contribution in [-0.4, -0.2) is 103 Å². The summed E-state index contributed by atoms with van der Waals surface area (Å²) in [4.78, 5) is 0. The van der Waals surface area contributed by atoms with Crippen LogP contribution < -0.4 is 0 Å². The molecule has 0 unspecified atom stereocenters. The first-order valence-corrected chi connectivity index (χ1v) is 15.5. The predicted molar refractivity (Wildman–Crippen MR) is 159 cm³/mol. The van der Waals surface area contributed by atoms with E-state index in [1.165, 1.54) is 38.5 Å². The summed E-state index contributed by atoms with van der Waals surface area (Å²) in [7, 11) is 3.33. The molecule has 0 aromatic carbocycles. The van der Waals surface area contributed by atoms with Crippen molar-refractivity contribution in [3.63, 3.8) is 0 Å². The fourth-order valence-corrected chi connectivity index (χ4v) is 3.20. The number of aliphatic hydroxyl groups is 2. The van der Waals surface area contributed by atoms with Gasteiger partial charge < -0.3 is 43.4 Å². The molecule has 1 saturated carbocycles. The lowest BCUT2D eigenvalue weighted by atomic mass is 10.0. The van der Waals surface area contributed by atoms with Gasteiger partial charge in [-0.05, 0) is 51.4 Å². The third-order valence-corrected chi connectivity index (χ3v) is 5.44. The maximum Gasteiger partial charge on any atom is 0.146 e. The molecule has 2 N–H and O–H groups in total. The van der Waals surface area contributed by atoms with Crippen molar-refractivity contribution in [1.82, 2.24) is 0 Å². The summed E-state index contributed by atoms with van der Waals surface area (Å²) in [5.41, 5.74) is 0. The molecule has 0 aromatic rings. The largest absolute Gasteiger partial charge is 0.396 e. The van der Waals surface area contributed by atoms with Crippen LogP contribution in [0.2, 0.25) is 0 Å². The van der Waals surface area contributed by atoms with Gasteiger partial charge in [0.1, 0.15) is 25.7 Å². The Labute approximate surface area is 249 Å². The smallest absolute Gasteiger partial charge is 0.146 e. The summed E-state index contributed by atoms with van der Waals surface area (Å²) in [5.74, 6) is 0. The second-order valence-electron chi connectivity index (χ2n) is 8.67. The van der Waals surface area contributed by atoms with Gasteiger partial charge in [0.25, 0.3) is 0 Å². The zero-order valence-electron chi connectivity index (χ0n) is 24.9. The van der Waals surface area contributed by atoms with Gasteiger partial charge in [-0.25, -0.2) is 0 Å². The van der Waals surface area contributed by atoms with Gasteiger partial charge >= 0.3 is 0 Å². The second kappa shape index (κ2) is 48.0. The zero-order chi connectivity index (χ0) is 29.3. The van der Waals surface area contributed by atoms with Gasteiger partial charge in [0.15, 0.2) is 0 Å². The first-order chi connectivity index (χ1) is 19.2. The normalized spacial score (nSPS) is 12.5. The molecule has 0 atom stereocenters. The van der Waals surface area contributed by atoms with E-state index in [0.29, 0.717) is 33.4 Å². The lowest BCUT2D eigenvalue weighted by Gasteiger charge is -2.06. The Kier molecular flexibility index (Phi) is 53.7. The molecule has 1 fully saturated rings. The fourth-order valence-electron chi connectivity index (χ4n) is 2.98. The van der Waals surface area contributed by atoms with E-state index in [2.05, 4.69) is 0 Å². The molecular formula is C28H60Cl2O9. The Morgan fingerprint density at radius 1 is 0.436 bits per heavy atom. The van der Waals surface area contributed by atoms with Crippen LogP contribution in [0.5, 0.6) is 0 Å². The highest BCUT2D eigenvalue weighted by Gasteiger charge is 1.95. The number of hydrogen-bond acceptors (Lipinski definition) is 9. The van der Waals surface area contributed by atoms with E-state index in [0.717, 1.165) is 71.2 Å². The van der Waals surface area contributed by atoms with Crippen LogP contribution in [0.4, 0.5) is 0 Å². The fraction of sp³-hybridized carbons (Fsp3) is 1.00. The van der Waals surface area contributed by atoms with Crippen molar-refractivity contribution in [2.75, 3.05) is 92.8 Å². The zero-order valence-corrected chi connectivity index (χ0v) is 26.4. The molecule has 9 nitrogen and oxygen atoms in total. The number of ether oxygens (including phenoxy) is 7. The topological polar surface area (TPSA) is 105 Å². The van der Waals surface area contributed by atoms with E-state index >= 15 is 0 Å². The van der Waals surface area contributed by atoms with E-state index in [-0.39, 0.29) is 25.3 Å². The summed E-state index contributed by atoms with van der Waals surface area (Å²) in [5, 5.41) is 16.2. The van der Waals surface area contributed by atoms with E-state index in [1.807, 2.05) is 0 Å². The van der Waals surface area contributed by atoms with Crippen molar-refractivity contribution in [2.45, 2.75) is 89.9 Å². The number of hydrogen-bond donors (Lipinski definition) is 2. The Morgan fingerprint density at radius 2 is 0.769 bits per heavy atom. The molecule has 1 aliphatic rings. The number of halogens is 2. The van der Waals surface area contributed by atoms with Crippen LogP contribution in [0.25, 0.3) is 0 Å². The van der Waals surface area contributed by atoms with Crippen LogP contribution in [0.1, 0.15) is 89.9 Å². The van der Waals surface area contributed by atoms with Crippen molar-refractivity contribution in [1.29, 1.82) is 0 Å². The van der Waals surface area contributed by atoms with E-state index in [4.69, 9.17) is 66.6 Å². The highest BCUT2D eigenvalue weighted by Crippen LogP contribution is 2.15. The molecule has 0 bridgehead atoms. The van der Waals surface area contributed by atoms with E-state index < -0.39 is 0 Å². The molecule has 0 heterocycles. The monoisotopic (exact) mass is 610 g/mol. The van der Waals surface area contributed by atoms with Gasteiger partial charge in [-0.3, -0.25) is 0 Å². The van der Waals surface area contributed by atoms with Gasteiger partial charge in [-0.15, -0.1) is 0 Å². The van der Waals surface area contributed by atoms with Crippen LogP contribution in [0.15, 0.2) is 0 Å². The number of alkyl halides is 2. The van der Waals surface area contributed by atoms with Gasteiger partial charge in [-0.1, -0.05) is 61.7 Å². The average molecular weight is 612 g/mol. The van der Waals surface area contributed by atoms with Gasteiger partial charge in [-0.2, -0.15) is 0 Å². The minimum Gasteiger partial charge on any atom is -0.396 e. The van der Waals surface area contributed by atoms with Crippen molar-refractivity contribution in [3.8, 4) is 0 Å². The standard InChI is InChI=1S/C12H26O5.C6H12Cl2O2.C6H12.C4H10O2/c1-13-7-3-4-9-16-12-17-10-6-5-8-15-11-14-2;7-5-9-3-1-2-4-10-6-8;1-2-4-6-5-3-1;5-3-1-2-4-6/h3-12H2,1-2H3;1-6H2;1-6H2;5-6H,1-4H2. The number of unbranched alkanes of at least 4 members (excludes halogenated alkanes) is 4. The molecule has 0 aromatic heterocycles. The lowest BCUT2D eigenvalue weighted by Crippen LogP contribution is -2.05. The summed E-state index contributed by atoms with van der Waals surface area (Å²) in [6.45, 7) is 5.51. The lowest BCUT2D eigenvalue weighted by molar-refractivity contribution is -0.0607. The van der Waals surface area contributed by atoms with Crippen LogP contribution in [0, 0.1) is 0 Å². The van der Waals surface area contributed by atoms with Crippen molar-refractivity contribution >= 4 is 23.2 Å². The molecule has 1 rings (SSSR count). The van der Waals surface area contributed by atoms with Crippen LogP contribution in [-0.2, 0) is 33.2 Å². The maximum absolute atomic E-state index is 8.09. The van der Waals surface area contributed by atoms with Crippen molar-refractivity contribution < 1.29 is 43.4 Å². The van der Waals surface area contributed by atoms with Crippen molar-refractivity contribution in [3.05, 3.63) is 0 Å². The summed E-state index contributed by atoms with van der Waals surface area (Å²) in [6.07, 6.45) is 16.4. The Bertz CT molecular complexity index is 332. The summed E-state index contributed by atoms with van der Waals surface area (Å²) >= 11 is 10.5. The molecular weight excluding hydrogens is 551 g/mol.